The summed E-state index contributed by atoms with van der Waals surface area (Å²) in [5.74, 6) is 2.23. The fraction of sp³-hybridized carbons (Fsp3) is 0.500. The van der Waals surface area contributed by atoms with E-state index in [0.717, 1.165) is 11.8 Å². The van der Waals surface area contributed by atoms with Gasteiger partial charge in [-0.25, -0.2) is 0 Å². The molecule has 1 atom stereocenters. The van der Waals surface area contributed by atoms with Crippen molar-refractivity contribution >= 4 is 0 Å². The van der Waals surface area contributed by atoms with Gasteiger partial charge in [0.1, 0.15) is 0 Å². The van der Waals surface area contributed by atoms with Crippen molar-refractivity contribution in [3.8, 4) is 0 Å². The molecule has 0 saturated carbocycles. The minimum atomic E-state index is 0.653. The number of benzene rings is 1. The molecule has 1 aromatic rings. The highest BCUT2D eigenvalue weighted by Crippen LogP contribution is 2.22. The van der Waals surface area contributed by atoms with E-state index in [1.54, 1.807) is 0 Å². The molecule has 1 aliphatic carbocycles. The Morgan fingerprint density at radius 2 is 1.50 bits per heavy atom. The van der Waals surface area contributed by atoms with E-state index in [1.165, 1.54) is 23.1 Å². The van der Waals surface area contributed by atoms with Crippen molar-refractivity contribution in [2.75, 3.05) is 0 Å². The second kappa shape index (κ2) is 10.9. The SMILES string of the molecule is CC1=CCC(C(C)C)C=C1.Cc1ccc(C(C)C)cc1.O=O. The van der Waals surface area contributed by atoms with Crippen LogP contribution >= 0.6 is 0 Å². The van der Waals surface area contributed by atoms with Gasteiger partial charge in [-0.1, -0.05) is 81.3 Å². The lowest BCUT2D eigenvalue weighted by Crippen LogP contribution is -2.06. The van der Waals surface area contributed by atoms with E-state index in [0.29, 0.717) is 5.92 Å². The van der Waals surface area contributed by atoms with Gasteiger partial charge >= 0.3 is 0 Å². The maximum atomic E-state index is 7.00. The van der Waals surface area contributed by atoms with Crippen LogP contribution in [0.2, 0.25) is 0 Å². The number of hydrogen-bond donors (Lipinski definition) is 0. The topological polar surface area (TPSA) is 34.1 Å². The van der Waals surface area contributed by atoms with Crippen LogP contribution in [0, 0.1) is 28.7 Å². The third kappa shape index (κ3) is 7.92. The van der Waals surface area contributed by atoms with E-state index in [4.69, 9.17) is 9.93 Å². The zero-order chi connectivity index (χ0) is 17.1. The first-order valence-electron chi connectivity index (χ1n) is 7.98. The van der Waals surface area contributed by atoms with Crippen LogP contribution in [-0.4, -0.2) is 0 Å². The molecule has 2 nitrogen and oxygen atoms in total. The van der Waals surface area contributed by atoms with Gasteiger partial charge < -0.3 is 0 Å². The summed E-state index contributed by atoms with van der Waals surface area (Å²) in [5, 5.41) is 0. The molecule has 1 aromatic carbocycles. The van der Waals surface area contributed by atoms with Gasteiger partial charge in [0.05, 0.1) is 0 Å². The largest absolute Gasteiger partial charge is 0.0810 e. The highest BCUT2D eigenvalue weighted by Gasteiger charge is 2.10. The monoisotopic (exact) mass is 302 g/mol. The van der Waals surface area contributed by atoms with Crippen molar-refractivity contribution in [3.05, 3.63) is 69.1 Å². The molecule has 0 saturated heterocycles. The molecule has 0 aromatic heterocycles. The van der Waals surface area contributed by atoms with Crippen LogP contribution in [0.1, 0.15) is 58.1 Å². The summed E-state index contributed by atoms with van der Waals surface area (Å²) in [7, 11) is 0. The number of aryl methyl sites for hydroxylation is 1. The molecule has 0 spiro atoms. The Kier molecular flexibility index (Phi) is 10.1. The van der Waals surface area contributed by atoms with Gasteiger partial charge in [0.25, 0.3) is 0 Å². The lowest BCUT2D eigenvalue weighted by molar-refractivity contribution is 0.466. The predicted octanol–water partition coefficient (Wildman–Crippen LogP) is 6.35. The summed E-state index contributed by atoms with van der Waals surface area (Å²) in [4.78, 5) is 14.0. The molecule has 1 aliphatic rings. The second-order valence-electron chi connectivity index (χ2n) is 6.52. The molecule has 0 bridgehead atoms. The maximum absolute atomic E-state index is 7.00. The van der Waals surface area contributed by atoms with Crippen molar-refractivity contribution < 1.29 is 0 Å². The summed E-state index contributed by atoms with van der Waals surface area (Å²) >= 11 is 0. The molecule has 0 heterocycles. The Labute approximate surface area is 135 Å². The number of rotatable bonds is 2. The predicted molar refractivity (Wildman–Crippen MR) is 97.8 cm³/mol. The van der Waals surface area contributed by atoms with E-state index in [9.17, 15) is 0 Å². The summed E-state index contributed by atoms with van der Waals surface area (Å²) < 4.78 is 0. The normalized spacial score (nSPS) is 16.4. The molecule has 0 fully saturated rings. The van der Waals surface area contributed by atoms with Gasteiger partial charge in [0.2, 0.25) is 0 Å². The van der Waals surface area contributed by atoms with E-state index in [2.05, 4.69) is 84.0 Å². The Morgan fingerprint density at radius 3 is 1.86 bits per heavy atom. The van der Waals surface area contributed by atoms with Crippen LogP contribution in [0.4, 0.5) is 0 Å². The quantitative estimate of drug-likeness (QED) is 0.637. The summed E-state index contributed by atoms with van der Waals surface area (Å²) in [6, 6.07) is 8.71. The average Bonchev–Trinajstić information content (AvgIpc) is 2.51. The van der Waals surface area contributed by atoms with Crippen LogP contribution < -0.4 is 0 Å². The smallest absolute Gasteiger partial charge is 0 e. The van der Waals surface area contributed by atoms with Gasteiger partial charge in [-0.15, -0.1) is 0 Å². The fourth-order valence-corrected chi connectivity index (χ4v) is 2.19. The van der Waals surface area contributed by atoms with Crippen LogP contribution in [-0.2, 0) is 0 Å². The molecular weight excluding hydrogens is 272 g/mol. The Bertz CT molecular complexity index is 467. The molecule has 0 amide bonds. The van der Waals surface area contributed by atoms with Crippen molar-refractivity contribution in [3.63, 3.8) is 0 Å². The maximum Gasteiger partial charge on any atom is 0 e. The van der Waals surface area contributed by atoms with Crippen LogP contribution in [0.15, 0.2) is 48.1 Å². The van der Waals surface area contributed by atoms with Gasteiger partial charge in [-0.05, 0) is 43.6 Å². The molecule has 122 valence electrons. The van der Waals surface area contributed by atoms with Crippen molar-refractivity contribution in [1.82, 2.24) is 0 Å². The third-order valence-electron chi connectivity index (χ3n) is 3.92. The number of hydrogen-bond acceptors (Lipinski definition) is 2. The minimum Gasteiger partial charge on any atom is -0.0810 e. The van der Waals surface area contributed by atoms with Gasteiger partial charge in [0, 0.05) is 9.93 Å². The average molecular weight is 302 g/mol. The molecule has 0 N–H and O–H groups in total. The van der Waals surface area contributed by atoms with E-state index in [1.807, 2.05) is 0 Å². The zero-order valence-corrected chi connectivity index (χ0v) is 14.8. The minimum absolute atomic E-state index is 0.653. The Morgan fingerprint density at radius 1 is 0.955 bits per heavy atom. The van der Waals surface area contributed by atoms with E-state index in [-0.39, 0.29) is 0 Å². The summed E-state index contributed by atoms with van der Waals surface area (Å²) in [6.45, 7) is 13.3. The second-order valence-corrected chi connectivity index (χ2v) is 6.52. The molecule has 2 heteroatoms. The molecule has 22 heavy (non-hydrogen) atoms. The first-order valence-corrected chi connectivity index (χ1v) is 7.98. The first-order chi connectivity index (χ1) is 10.4. The van der Waals surface area contributed by atoms with Gasteiger partial charge in [-0.2, -0.15) is 0 Å². The molecule has 0 radical (unpaired) electrons. The molecule has 2 rings (SSSR count). The highest BCUT2D eigenvalue weighted by atomic mass is 16.7. The molecule has 0 aliphatic heterocycles. The zero-order valence-electron chi connectivity index (χ0n) is 14.8. The lowest BCUT2D eigenvalue weighted by atomic mass is 9.88. The summed E-state index contributed by atoms with van der Waals surface area (Å²) in [6.07, 6.45) is 8.12. The van der Waals surface area contributed by atoms with Crippen molar-refractivity contribution in [2.45, 2.75) is 53.9 Å². The lowest BCUT2D eigenvalue weighted by Gasteiger charge is -2.17. The van der Waals surface area contributed by atoms with Gasteiger partial charge in [-0.3, -0.25) is 0 Å². The summed E-state index contributed by atoms with van der Waals surface area (Å²) in [5.41, 5.74) is 4.17. The fourth-order valence-electron chi connectivity index (χ4n) is 2.19. The van der Waals surface area contributed by atoms with Gasteiger partial charge in [0.15, 0.2) is 0 Å². The van der Waals surface area contributed by atoms with Crippen LogP contribution in [0.5, 0.6) is 0 Å². The van der Waals surface area contributed by atoms with Crippen LogP contribution in [0.25, 0.3) is 0 Å². The van der Waals surface area contributed by atoms with Crippen LogP contribution in [0.3, 0.4) is 0 Å². The van der Waals surface area contributed by atoms with Crippen molar-refractivity contribution in [2.24, 2.45) is 11.8 Å². The Balaban J connectivity index is 0.000000360. The Hall–Kier alpha value is -1.70. The highest BCUT2D eigenvalue weighted by molar-refractivity contribution is 5.23. The number of allylic oxidation sites excluding steroid dienone is 4. The molecule has 1 unspecified atom stereocenters. The first kappa shape index (κ1) is 20.3. The third-order valence-corrected chi connectivity index (χ3v) is 3.92. The van der Waals surface area contributed by atoms with E-state index < -0.39 is 0 Å². The standard InChI is InChI=1S/C10H16.C10H14.O2/c2*1-8(2)10-6-4-9(3)5-7-10;1-2/h4-6,8,10H,7H2,1-3H3;4-8H,1-3H3;. The molecular formula is C20H30O2. The van der Waals surface area contributed by atoms with E-state index >= 15 is 0 Å². The van der Waals surface area contributed by atoms with Crippen molar-refractivity contribution in [1.29, 1.82) is 0 Å².